The molecule has 0 aliphatic carbocycles. The van der Waals surface area contributed by atoms with Crippen LogP contribution >= 0.6 is 0 Å². The second-order valence-electron chi connectivity index (χ2n) is 4.21. The summed E-state index contributed by atoms with van der Waals surface area (Å²) in [5, 5.41) is 0. The van der Waals surface area contributed by atoms with Crippen LogP contribution in [-0.4, -0.2) is 18.2 Å². The molecular formula is C12H18N2O. The third-order valence-electron chi connectivity index (χ3n) is 3.20. The van der Waals surface area contributed by atoms with E-state index in [1.165, 1.54) is 11.1 Å². The van der Waals surface area contributed by atoms with Crippen LogP contribution in [0.4, 0.5) is 0 Å². The first-order valence-electron chi connectivity index (χ1n) is 5.53. The first-order chi connectivity index (χ1) is 7.29. The SMILES string of the molecule is Cc1cnccc1C(N)C1CCOCC1. The minimum absolute atomic E-state index is 0.136. The van der Waals surface area contributed by atoms with E-state index in [4.69, 9.17) is 10.5 Å². The fraction of sp³-hybridized carbons (Fsp3) is 0.583. The monoisotopic (exact) mass is 206 g/mol. The first kappa shape index (κ1) is 10.6. The number of aromatic nitrogens is 1. The van der Waals surface area contributed by atoms with Gasteiger partial charge in [-0.1, -0.05) is 0 Å². The molecule has 1 fully saturated rings. The van der Waals surface area contributed by atoms with Gasteiger partial charge in [-0.3, -0.25) is 4.98 Å². The number of ether oxygens (including phenoxy) is 1. The minimum atomic E-state index is 0.136. The van der Waals surface area contributed by atoms with E-state index < -0.39 is 0 Å². The number of aryl methyl sites for hydroxylation is 1. The summed E-state index contributed by atoms with van der Waals surface area (Å²) in [6, 6.07) is 2.17. The number of pyridine rings is 1. The average Bonchev–Trinajstić information content (AvgIpc) is 2.30. The summed E-state index contributed by atoms with van der Waals surface area (Å²) in [6.45, 7) is 3.77. The largest absolute Gasteiger partial charge is 0.381 e. The summed E-state index contributed by atoms with van der Waals surface area (Å²) in [6.07, 6.45) is 5.85. The maximum atomic E-state index is 6.29. The predicted molar refractivity (Wildman–Crippen MR) is 59.4 cm³/mol. The molecule has 82 valence electrons. The number of nitrogens with two attached hydrogens (primary N) is 1. The molecular weight excluding hydrogens is 188 g/mol. The third-order valence-corrected chi connectivity index (χ3v) is 3.20. The van der Waals surface area contributed by atoms with Crippen LogP contribution in [0.25, 0.3) is 0 Å². The summed E-state index contributed by atoms with van der Waals surface area (Å²) < 4.78 is 5.35. The Hall–Kier alpha value is -0.930. The van der Waals surface area contributed by atoms with Gasteiger partial charge in [-0.25, -0.2) is 0 Å². The Kier molecular flexibility index (Phi) is 3.34. The van der Waals surface area contributed by atoms with Crippen LogP contribution in [0, 0.1) is 12.8 Å². The van der Waals surface area contributed by atoms with E-state index in [-0.39, 0.29) is 6.04 Å². The van der Waals surface area contributed by atoms with Crippen molar-refractivity contribution in [2.75, 3.05) is 13.2 Å². The van der Waals surface area contributed by atoms with E-state index in [1.807, 2.05) is 18.5 Å². The van der Waals surface area contributed by atoms with Crippen molar-refractivity contribution in [1.82, 2.24) is 4.98 Å². The van der Waals surface area contributed by atoms with Gasteiger partial charge in [0.1, 0.15) is 0 Å². The number of hydrogen-bond acceptors (Lipinski definition) is 3. The molecule has 0 amide bonds. The molecule has 2 rings (SSSR count). The van der Waals surface area contributed by atoms with Crippen molar-refractivity contribution in [2.24, 2.45) is 11.7 Å². The lowest BCUT2D eigenvalue weighted by Crippen LogP contribution is -2.28. The smallest absolute Gasteiger partial charge is 0.0469 e. The molecule has 0 saturated carbocycles. The zero-order valence-electron chi connectivity index (χ0n) is 9.15. The molecule has 2 heterocycles. The van der Waals surface area contributed by atoms with Gasteiger partial charge in [0.15, 0.2) is 0 Å². The zero-order valence-corrected chi connectivity index (χ0v) is 9.15. The molecule has 1 aliphatic rings. The number of rotatable bonds is 2. The van der Waals surface area contributed by atoms with Crippen LogP contribution in [0.5, 0.6) is 0 Å². The fourth-order valence-electron chi connectivity index (χ4n) is 2.19. The van der Waals surface area contributed by atoms with Crippen molar-refractivity contribution < 1.29 is 4.74 Å². The lowest BCUT2D eigenvalue weighted by molar-refractivity contribution is 0.0583. The lowest BCUT2D eigenvalue weighted by Gasteiger charge is -2.28. The van der Waals surface area contributed by atoms with Gasteiger partial charge in [0.25, 0.3) is 0 Å². The quantitative estimate of drug-likeness (QED) is 0.803. The summed E-state index contributed by atoms with van der Waals surface area (Å²) in [7, 11) is 0. The maximum Gasteiger partial charge on any atom is 0.0469 e. The first-order valence-corrected chi connectivity index (χ1v) is 5.53. The molecule has 0 spiro atoms. The second kappa shape index (κ2) is 4.73. The van der Waals surface area contributed by atoms with Crippen molar-refractivity contribution >= 4 is 0 Å². The van der Waals surface area contributed by atoms with Gasteiger partial charge in [-0.2, -0.15) is 0 Å². The molecule has 1 saturated heterocycles. The normalized spacial score (nSPS) is 20.1. The molecule has 0 bridgehead atoms. The Morgan fingerprint density at radius 3 is 2.87 bits per heavy atom. The lowest BCUT2D eigenvalue weighted by atomic mass is 9.87. The molecule has 2 N–H and O–H groups in total. The highest BCUT2D eigenvalue weighted by atomic mass is 16.5. The predicted octanol–water partition coefficient (Wildman–Crippen LogP) is 1.82. The standard InChI is InChI=1S/C12H18N2O/c1-9-8-14-5-2-11(9)12(13)10-3-6-15-7-4-10/h2,5,8,10,12H,3-4,6-7,13H2,1H3. The Morgan fingerprint density at radius 2 is 2.20 bits per heavy atom. The summed E-state index contributed by atoms with van der Waals surface area (Å²) >= 11 is 0. The summed E-state index contributed by atoms with van der Waals surface area (Å²) in [4.78, 5) is 4.09. The Bertz CT molecular complexity index is 321. The molecule has 1 aromatic heterocycles. The van der Waals surface area contributed by atoms with Crippen LogP contribution in [-0.2, 0) is 4.74 Å². The topological polar surface area (TPSA) is 48.1 Å². The highest BCUT2D eigenvalue weighted by molar-refractivity contribution is 5.25. The molecule has 0 radical (unpaired) electrons. The van der Waals surface area contributed by atoms with Gasteiger partial charge in [-0.05, 0) is 42.9 Å². The molecule has 3 nitrogen and oxygen atoms in total. The van der Waals surface area contributed by atoms with Gasteiger partial charge < -0.3 is 10.5 Å². The van der Waals surface area contributed by atoms with Crippen LogP contribution in [0.15, 0.2) is 18.5 Å². The van der Waals surface area contributed by atoms with Gasteiger partial charge in [-0.15, -0.1) is 0 Å². The number of nitrogens with zero attached hydrogens (tertiary/aromatic N) is 1. The van der Waals surface area contributed by atoms with E-state index in [9.17, 15) is 0 Å². The van der Waals surface area contributed by atoms with Crippen molar-refractivity contribution in [3.63, 3.8) is 0 Å². The van der Waals surface area contributed by atoms with Crippen molar-refractivity contribution in [1.29, 1.82) is 0 Å². The minimum Gasteiger partial charge on any atom is -0.381 e. The molecule has 0 aromatic carbocycles. The molecule has 3 heteroatoms. The highest BCUT2D eigenvalue weighted by Gasteiger charge is 2.23. The fourth-order valence-corrected chi connectivity index (χ4v) is 2.19. The zero-order chi connectivity index (χ0) is 10.7. The van der Waals surface area contributed by atoms with Crippen molar-refractivity contribution in [2.45, 2.75) is 25.8 Å². The molecule has 1 aliphatic heterocycles. The van der Waals surface area contributed by atoms with Crippen LogP contribution in [0.1, 0.15) is 30.0 Å². The van der Waals surface area contributed by atoms with Gasteiger partial charge >= 0.3 is 0 Å². The second-order valence-corrected chi connectivity index (χ2v) is 4.21. The van der Waals surface area contributed by atoms with E-state index in [2.05, 4.69) is 11.9 Å². The average molecular weight is 206 g/mol. The van der Waals surface area contributed by atoms with E-state index in [0.717, 1.165) is 26.1 Å². The third kappa shape index (κ3) is 2.36. The van der Waals surface area contributed by atoms with Crippen LogP contribution in [0.2, 0.25) is 0 Å². The van der Waals surface area contributed by atoms with Gasteiger partial charge in [0, 0.05) is 31.6 Å². The van der Waals surface area contributed by atoms with Crippen LogP contribution < -0.4 is 5.73 Å². The molecule has 1 unspecified atom stereocenters. The van der Waals surface area contributed by atoms with Crippen LogP contribution in [0.3, 0.4) is 0 Å². The van der Waals surface area contributed by atoms with Gasteiger partial charge in [0.05, 0.1) is 0 Å². The van der Waals surface area contributed by atoms with Gasteiger partial charge in [0.2, 0.25) is 0 Å². The Morgan fingerprint density at radius 1 is 1.47 bits per heavy atom. The summed E-state index contributed by atoms with van der Waals surface area (Å²) in [5.74, 6) is 0.555. The van der Waals surface area contributed by atoms with E-state index in [1.54, 1.807) is 0 Å². The maximum absolute atomic E-state index is 6.29. The molecule has 1 aromatic rings. The molecule has 1 atom stereocenters. The van der Waals surface area contributed by atoms with E-state index >= 15 is 0 Å². The van der Waals surface area contributed by atoms with E-state index in [0.29, 0.717) is 5.92 Å². The Balaban J connectivity index is 2.12. The summed E-state index contributed by atoms with van der Waals surface area (Å²) in [5.41, 5.74) is 8.71. The van der Waals surface area contributed by atoms with Crippen molar-refractivity contribution in [3.05, 3.63) is 29.6 Å². The highest BCUT2D eigenvalue weighted by Crippen LogP contribution is 2.29. The number of hydrogen-bond donors (Lipinski definition) is 1. The Labute approximate surface area is 90.7 Å². The molecule has 15 heavy (non-hydrogen) atoms. The van der Waals surface area contributed by atoms with Crippen molar-refractivity contribution in [3.8, 4) is 0 Å².